The van der Waals surface area contributed by atoms with Crippen LogP contribution in [-0.4, -0.2) is 10.7 Å². The normalized spacial score (nSPS) is 10.2. The van der Waals surface area contributed by atoms with Crippen molar-refractivity contribution < 1.29 is 0 Å². The van der Waals surface area contributed by atoms with Crippen molar-refractivity contribution in [3.05, 3.63) is 54.4 Å². The predicted molar refractivity (Wildman–Crippen MR) is 69.5 cm³/mol. The van der Waals surface area contributed by atoms with Gasteiger partial charge in [-0.05, 0) is 36.2 Å². The monoisotopic (exact) mass is 230 g/mol. The van der Waals surface area contributed by atoms with E-state index >= 15 is 0 Å². The molecule has 0 aliphatic rings. The molecule has 2 nitrogen and oxygen atoms in total. The van der Waals surface area contributed by atoms with Crippen LogP contribution in [-0.2, 0) is 6.42 Å². The molecule has 1 aromatic heterocycles. The zero-order valence-corrected chi connectivity index (χ0v) is 9.78. The Kier molecular flexibility index (Phi) is 3.83. The molecule has 0 amide bonds. The fourth-order valence-electron chi connectivity index (χ4n) is 1.41. The van der Waals surface area contributed by atoms with Crippen LogP contribution in [0, 0.1) is 0 Å². The summed E-state index contributed by atoms with van der Waals surface area (Å²) in [5.41, 5.74) is 7.79. The summed E-state index contributed by atoms with van der Waals surface area (Å²) in [5, 5.41) is 0. The van der Waals surface area contributed by atoms with Crippen LogP contribution in [0.1, 0.15) is 5.56 Å². The van der Waals surface area contributed by atoms with Gasteiger partial charge in [0.05, 0.1) is 0 Å². The highest BCUT2D eigenvalue weighted by atomic mass is 32.2. The molecule has 0 fully saturated rings. The smallest absolute Gasteiger partial charge is 0.0314 e. The van der Waals surface area contributed by atoms with E-state index in [0.29, 0.717) is 0 Å². The van der Waals surface area contributed by atoms with Crippen LogP contribution in [0.5, 0.6) is 0 Å². The Morgan fingerprint density at radius 1 is 1.00 bits per heavy atom. The standard InChI is InChI=1S/C13H14N2S/c14-12-3-1-11(2-4-12)7-10-16-13-5-8-15-9-6-13/h1-6,8-9H,7,10,14H2. The largest absolute Gasteiger partial charge is 0.399 e. The van der Waals surface area contributed by atoms with E-state index in [1.165, 1.54) is 10.5 Å². The topological polar surface area (TPSA) is 38.9 Å². The molecule has 16 heavy (non-hydrogen) atoms. The summed E-state index contributed by atoms with van der Waals surface area (Å²) in [7, 11) is 0. The van der Waals surface area contributed by atoms with E-state index < -0.39 is 0 Å². The van der Waals surface area contributed by atoms with Crippen LogP contribution in [0.2, 0.25) is 0 Å². The quantitative estimate of drug-likeness (QED) is 0.648. The number of pyridine rings is 1. The van der Waals surface area contributed by atoms with Crippen LogP contribution in [0.15, 0.2) is 53.7 Å². The predicted octanol–water partition coefficient (Wildman–Crippen LogP) is 3.00. The first-order valence-corrected chi connectivity index (χ1v) is 6.20. The third-order valence-electron chi connectivity index (χ3n) is 2.29. The van der Waals surface area contributed by atoms with Gasteiger partial charge in [-0.15, -0.1) is 11.8 Å². The van der Waals surface area contributed by atoms with Gasteiger partial charge in [-0.2, -0.15) is 0 Å². The van der Waals surface area contributed by atoms with Crippen LogP contribution < -0.4 is 5.73 Å². The minimum absolute atomic E-state index is 0.825. The summed E-state index contributed by atoms with van der Waals surface area (Å²) < 4.78 is 0. The van der Waals surface area contributed by atoms with Gasteiger partial charge in [0.15, 0.2) is 0 Å². The molecule has 0 unspecified atom stereocenters. The molecule has 0 atom stereocenters. The van der Waals surface area contributed by atoms with Gasteiger partial charge < -0.3 is 5.73 Å². The highest BCUT2D eigenvalue weighted by Crippen LogP contribution is 2.18. The lowest BCUT2D eigenvalue weighted by Gasteiger charge is -2.02. The SMILES string of the molecule is Nc1ccc(CCSc2ccncc2)cc1. The molecular weight excluding hydrogens is 216 g/mol. The molecule has 0 spiro atoms. The van der Waals surface area contributed by atoms with Crippen molar-refractivity contribution in [2.24, 2.45) is 0 Å². The zero-order valence-electron chi connectivity index (χ0n) is 8.97. The third-order valence-corrected chi connectivity index (χ3v) is 3.30. The maximum atomic E-state index is 5.63. The molecule has 2 N–H and O–H groups in total. The molecule has 3 heteroatoms. The van der Waals surface area contributed by atoms with E-state index in [-0.39, 0.29) is 0 Å². The molecule has 2 aromatic rings. The van der Waals surface area contributed by atoms with Crippen LogP contribution in [0.3, 0.4) is 0 Å². The van der Waals surface area contributed by atoms with Crippen molar-refractivity contribution in [1.29, 1.82) is 0 Å². The lowest BCUT2D eigenvalue weighted by molar-refractivity contribution is 1.15. The Morgan fingerprint density at radius 2 is 1.69 bits per heavy atom. The summed E-state index contributed by atoms with van der Waals surface area (Å²) in [5.74, 6) is 1.08. The number of nitrogens with zero attached hydrogens (tertiary/aromatic N) is 1. The number of nitrogen functional groups attached to an aromatic ring is 1. The number of thioether (sulfide) groups is 1. The van der Waals surface area contributed by atoms with Crippen LogP contribution >= 0.6 is 11.8 Å². The third kappa shape index (κ3) is 3.28. The average Bonchev–Trinajstić information content (AvgIpc) is 2.33. The highest BCUT2D eigenvalue weighted by molar-refractivity contribution is 7.99. The highest BCUT2D eigenvalue weighted by Gasteiger charge is 1.95. The Labute approximate surface area is 99.9 Å². The van der Waals surface area contributed by atoms with Crippen molar-refractivity contribution >= 4 is 17.4 Å². The first kappa shape index (κ1) is 11.0. The van der Waals surface area contributed by atoms with Gasteiger partial charge in [0.25, 0.3) is 0 Å². The molecule has 0 aliphatic carbocycles. The number of anilines is 1. The molecule has 2 rings (SSSR count). The number of nitrogens with two attached hydrogens (primary N) is 1. The second-order valence-electron chi connectivity index (χ2n) is 3.52. The molecule has 82 valence electrons. The maximum absolute atomic E-state index is 5.63. The molecule has 1 heterocycles. The molecule has 0 bridgehead atoms. The molecule has 0 radical (unpaired) electrons. The van der Waals surface area contributed by atoms with Crippen molar-refractivity contribution in [3.63, 3.8) is 0 Å². The van der Waals surface area contributed by atoms with Gasteiger partial charge in [0.2, 0.25) is 0 Å². The Bertz CT molecular complexity index is 425. The molecule has 0 saturated heterocycles. The number of hydrogen-bond acceptors (Lipinski definition) is 3. The summed E-state index contributed by atoms with van der Waals surface area (Å²) in [4.78, 5) is 5.26. The van der Waals surface area contributed by atoms with E-state index in [2.05, 4.69) is 17.1 Å². The Balaban J connectivity index is 1.82. The second-order valence-corrected chi connectivity index (χ2v) is 4.69. The fraction of sp³-hybridized carbons (Fsp3) is 0.154. The lowest BCUT2D eigenvalue weighted by atomic mass is 10.2. The number of hydrogen-bond donors (Lipinski definition) is 1. The summed E-state index contributed by atoms with van der Waals surface area (Å²) in [6, 6.07) is 12.1. The number of benzene rings is 1. The zero-order chi connectivity index (χ0) is 11.2. The lowest BCUT2D eigenvalue weighted by Crippen LogP contribution is -1.90. The summed E-state index contributed by atoms with van der Waals surface area (Å²) in [6.07, 6.45) is 4.71. The average molecular weight is 230 g/mol. The number of rotatable bonds is 4. The van der Waals surface area contributed by atoms with Crippen molar-refractivity contribution in [1.82, 2.24) is 4.98 Å². The van der Waals surface area contributed by atoms with Crippen molar-refractivity contribution in [2.75, 3.05) is 11.5 Å². The van der Waals surface area contributed by atoms with Gasteiger partial charge in [-0.3, -0.25) is 4.98 Å². The van der Waals surface area contributed by atoms with Gasteiger partial charge >= 0.3 is 0 Å². The van der Waals surface area contributed by atoms with Gasteiger partial charge in [-0.25, -0.2) is 0 Å². The van der Waals surface area contributed by atoms with E-state index in [4.69, 9.17) is 5.73 Å². The van der Waals surface area contributed by atoms with Crippen LogP contribution in [0.25, 0.3) is 0 Å². The van der Waals surface area contributed by atoms with E-state index in [0.717, 1.165) is 17.9 Å². The van der Waals surface area contributed by atoms with E-state index in [1.807, 2.05) is 48.4 Å². The Hall–Kier alpha value is -1.48. The van der Waals surface area contributed by atoms with Gasteiger partial charge in [0, 0.05) is 28.7 Å². The minimum Gasteiger partial charge on any atom is -0.399 e. The summed E-state index contributed by atoms with van der Waals surface area (Å²) in [6.45, 7) is 0. The van der Waals surface area contributed by atoms with Gasteiger partial charge in [0.1, 0.15) is 0 Å². The first-order valence-electron chi connectivity index (χ1n) is 5.22. The van der Waals surface area contributed by atoms with Crippen molar-refractivity contribution in [3.8, 4) is 0 Å². The molecular formula is C13H14N2S. The number of aromatic nitrogens is 1. The van der Waals surface area contributed by atoms with E-state index in [1.54, 1.807) is 0 Å². The van der Waals surface area contributed by atoms with Crippen LogP contribution in [0.4, 0.5) is 5.69 Å². The first-order chi connectivity index (χ1) is 7.84. The molecule has 1 aromatic carbocycles. The minimum atomic E-state index is 0.825. The van der Waals surface area contributed by atoms with Crippen molar-refractivity contribution in [2.45, 2.75) is 11.3 Å². The van der Waals surface area contributed by atoms with E-state index in [9.17, 15) is 0 Å². The van der Waals surface area contributed by atoms with Gasteiger partial charge in [-0.1, -0.05) is 12.1 Å². The fourth-order valence-corrected chi connectivity index (χ4v) is 2.29. The Morgan fingerprint density at radius 3 is 2.38 bits per heavy atom. The summed E-state index contributed by atoms with van der Waals surface area (Å²) >= 11 is 1.85. The second kappa shape index (κ2) is 5.56. The number of aryl methyl sites for hydroxylation is 1. The maximum Gasteiger partial charge on any atom is 0.0314 e. The molecule has 0 saturated carbocycles. The molecule has 0 aliphatic heterocycles.